The van der Waals surface area contributed by atoms with E-state index in [1.54, 1.807) is 24.1 Å². The Bertz CT molecular complexity index is 576. The third kappa shape index (κ3) is 2.88. The zero-order chi connectivity index (χ0) is 13.8. The van der Waals surface area contributed by atoms with Crippen molar-refractivity contribution in [3.8, 4) is 6.19 Å². The number of nitriles is 1. The first-order valence-corrected chi connectivity index (χ1v) is 7.04. The van der Waals surface area contributed by atoms with Crippen LogP contribution in [0.3, 0.4) is 0 Å². The Morgan fingerprint density at radius 3 is 3.05 bits per heavy atom. The summed E-state index contributed by atoms with van der Waals surface area (Å²) in [5.41, 5.74) is 2.51. The molecule has 1 aliphatic rings. The van der Waals surface area contributed by atoms with Crippen molar-refractivity contribution in [1.82, 2.24) is 10.2 Å². The topological polar surface area (TPSA) is 68.5 Å². The van der Waals surface area contributed by atoms with Gasteiger partial charge in [0.15, 0.2) is 11.4 Å². The standard InChI is InChI=1S/C13H14N4OS/c1-17-6-5-9-7-10(3-4-11(9)12(17)18)16-13(19-2)15-8-14/h3-4,7H,5-6H2,1-2H3,(H,15,16). The van der Waals surface area contributed by atoms with Gasteiger partial charge in [-0.2, -0.15) is 5.26 Å². The van der Waals surface area contributed by atoms with E-state index in [0.717, 1.165) is 29.8 Å². The number of rotatable bonds is 1. The molecule has 1 aromatic rings. The monoisotopic (exact) mass is 274 g/mol. The van der Waals surface area contributed by atoms with Crippen LogP contribution < -0.4 is 5.32 Å². The number of amidine groups is 1. The molecule has 1 heterocycles. The summed E-state index contributed by atoms with van der Waals surface area (Å²) in [5, 5.41) is 11.7. The molecule has 0 radical (unpaired) electrons. The lowest BCUT2D eigenvalue weighted by molar-refractivity contribution is 0.0781. The minimum absolute atomic E-state index is 0.0528. The molecule has 0 aromatic heterocycles. The molecular weight excluding hydrogens is 260 g/mol. The van der Waals surface area contributed by atoms with Gasteiger partial charge in [-0.3, -0.25) is 10.1 Å². The summed E-state index contributed by atoms with van der Waals surface area (Å²) in [6, 6.07) is 5.51. The second-order valence-electron chi connectivity index (χ2n) is 4.18. The highest BCUT2D eigenvalue weighted by atomic mass is 32.2. The number of hydrogen-bond donors (Lipinski definition) is 1. The molecule has 0 spiro atoms. The van der Waals surface area contributed by atoms with Crippen LogP contribution >= 0.6 is 11.8 Å². The first-order chi connectivity index (χ1) is 9.15. The lowest BCUT2D eigenvalue weighted by Crippen LogP contribution is -2.33. The van der Waals surface area contributed by atoms with E-state index in [1.165, 1.54) is 11.8 Å². The number of amides is 1. The minimum atomic E-state index is 0.0528. The fourth-order valence-electron chi connectivity index (χ4n) is 1.95. The molecule has 0 saturated carbocycles. The molecule has 19 heavy (non-hydrogen) atoms. The molecule has 1 aromatic carbocycles. The maximum absolute atomic E-state index is 11.9. The molecule has 0 unspecified atom stereocenters. The van der Waals surface area contributed by atoms with Crippen LogP contribution in [-0.4, -0.2) is 35.8 Å². The fraction of sp³-hybridized carbons (Fsp3) is 0.308. The van der Waals surface area contributed by atoms with Crippen molar-refractivity contribution in [3.63, 3.8) is 0 Å². The molecule has 1 amide bonds. The van der Waals surface area contributed by atoms with Crippen LogP contribution in [0.25, 0.3) is 0 Å². The highest BCUT2D eigenvalue weighted by molar-refractivity contribution is 8.13. The molecule has 0 saturated heterocycles. The Morgan fingerprint density at radius 1 is 1.58 bits per heavy atom. The van der Waals surface area contributed by atoms with Gasteiger partial charge in [-0.25, -0.2) is 4.99 Å². The second kappa shape index (κ2) is 5.76. The summed E-state index contributed by atoms with van der Waals surface area (Å²) in [6.45, 7) is 0.727. The Labute approximate surface area is 116 Å². The summed E-state index contributed by atoms with van der Waals surface area (Å²) >= 11 is 1.37. The van der Waals surface area contributed by atoms with E-state index in [-0.39, 0.29) is 5.91 Å². The zero-order valence-electron chi connectivity index (χ0n) is 10.8. The summed E-state index contributed by atoms with van der Waals surface area (Å²) in [4.78, 5) is 18.0. The molecular formula is C13H14N4OS. The van der Waals surface area contributed by atoms with Crippen molar-refractivity contribution in [2.24, 2.45) is 4.99 Å². The van der Waals surface area contributed by atoms with Crippen molar-refractivity contribution >= 4 is 28.5 Å². The van der Waals surface area contributed by atoms with Crippen molar-refractivity contribution in [3.05, 3.63) is 29.3 Å². The van der Waals surface area contributed by atoms with E-state index in [4.69, 9.17) is 5.26 Å². The SMILES string of the molecule is CSC(=Nc1ccc2c(c1)CCN(C)C2=O)NC#N. The lowest BCUT2D eigenvalue weighted by atomic mass is 9.99. The average Bonchev–Trinajstić information content (AvgIpc) is 2.42. The smallest absolute Gasteiger partial charge is 0.253 e. The number of aliphatic imine (C=N–C) groups is 1. The van der Waals surface area contributed by atoms with Gasteiger partial charge in [0.05, 0.1) is 5.69 Å². The van der Waals surface area contributed by atoms with Gasteiger partial charge in [-0.15, -0.1) is 0 Å². The quantitative estimate of drug-likeness (QED) is 0.366. The number of nitrogens with one attached hydrogen (secondary N) is 1. The molecule has 2 rings (SSSR count). The third-order valence-electron chi connectivity index (χ3n) is 2.97. The molecule has 1 N–H and O–H groups in total. The number of carbonyl (C=O) groups is 1. The number of thioether (sulfide) groups is 1. The van der Waals surface area contributed by atoms with Crippen LogP contribution in [0.2, 0.25) is 0 Å². The lowest BCUT2D eigenvalue weighted by Gasteiger charge is -2.24. The largest absolute Gasteiger partial charge is 0.341 e. The highest BCUT2D eigenvalue weighted by Gasteiger charge is 2.21. The van der Waals surface area contributed by atoms with E-state index >= 15 is 0 Å². The van der Waals surface area contributed by atoms with Gasteiger partial charge in [0.25, 0.3) is 5.91 Å². The fourth-order valence-corrected chi connectivity index (χ4v) is 2.29. The van der Waals surface area contributed by atoms with Crippen LogP contribution in [0.15, 0.2) is 23.2 Å². The van der Waals surface area contributed by atoms with Crippen LogP contribution in [0.5, 0.6) is 0 Å². The average molecular weight is 274 g/mol. The predicted octanol–water partition coefficient (Wildman–Crippen LogP) is 1.74. The van der Waals surface area contributed by atoms with Gasteiger partial charge in [0, 0.05) is 19.2 Å². The molecule has 5 nitrogen and oxygen atoms in total. The molecule has 0 bridgehead atoms. The molecule has 1 aliphatic heterocycles. The highest BCUT2D eigenvalue weighted by Crippen LogP contribution is 2.24. The van der Waals surface area contributed by atoms with Crippen molar-refractivity contribution in [1.29, 1.82) is 5.26 Å². The Kier molecular flexibility index (Phi) is 4.07. The van der Waals surface area contributed by atoms with E-state index in [0.29, 0.717) is 5.17 Å². The van der Waals surface area contributed by atoms with Gasteiger partial charge < -0.3 is 4.90 Å². The number of fused-ring (bicyclic) bond motifs is 1. The molecule has 0 fully saturated rings. The third-order valence-corrected chi connectivity index (χ3v) is 3.55. The van der Waals surface area contributed by atoms with Crippen molar-refractivity contribution < 1.29 is 4.79 Å². The van der Waals surface area contributed by atoms with E-state index in [1.807, 2.05) is 18.5 Å². The van der Waals surface area contributed by atoms with Gasteiger partial charge in [-0.05, 0) is 36.4 Å². The first-order valence-electron chi connectivity index (χ1n) is 5.82. The summed E-state index contributed by atoms with van der Waals surface area (Å²) < 4.78 is 0. The number of carbonyl (C=O) groups excluding carboxylic acids is 1. The first kappa shape index (κ1) is 13.4. The molecule has 6 heteroatoms. The van der Waals surface area contributed by atoms with Crippen LogP contribution in [-0.2, 0) is 6.42 Å². The number of likely N-dealkylation sites (N-methyl/N-ethyl adjacent to an activating group) is 1. The van der Waals surface area contributed by atoms with Crippen molar-refractivity contribution in [2.75, 3.05) is 19.8 Å². The van der Waals surface area contributed by atoms with Gasteiger partial charge in [-0.1, -0.05) is 11.8 Å². The van der Waals surface area contributed by atoms with E-state index < -0.39 is 0 Å². The Hall–Kier alpha value is -2.00. The summed E-state index contributed by atoms with van der Waals surface area (Å²) in [7, 11) is 1.81. The summed E-state index contributed by atoms with van der Waals surface area (Å²) in [5.74, 6) is 0.0528. The summed E-state index contributed by atoms with van der Waals surface area (Å²) in [6.07, 6.45) is 4.53. The van der Waals surface area contributed by atoms with Crippen molar-refractivity contribution in [2.45, 2.75) is 6.42 Å². The van der Waals surface area contributed by atoms with Gasteiger partial charge in [0.1, 0.15) is 0 Å². The number of hydrogen-bond acceptors (Lipinski definition) is 4. The molecule has 0 aliphatic carbocycles. The zero-order valence-corrected chi connectivity index (χ0v) is 11.6. The van der Waals surface area contributed by atoms with Crippen LogP contribution in [0, 0.1) is 11.5 Å². The van der Waals surface area contributed by atoms with Gasteiger partial charge in [0.2, 0.25) is 0 Å². The van der Waals surface area contributed by atoms with E-state index in [2.05, 4.69) is 10.3 Å². The Morgan fingerprint density at radius 2 is 2.37 bits per heavy atom. The maximum atomic E-state index is 11.9. The number of benzene rings is 1. The van der Waals surface area contributed by atoms with Crippen LogP contribution in [0.4, 0.5) is 5.69 Å². The molecule has 98 valence electrons. The van der Waals surface area contributed by atoms with E-state index in [9.17, 15) is 4.79 Å². The molecule has 0 atom stereocenters. The Balaban J connectivity index is 2.32. The minimum Gasteiger partial charge on any atom is -0.341 e. The normalized spacial score (nSPS) is 14.9. The number of nitrogens with zero attached hydrogens (tertiary/aromatic N) is 3. The van der Waals surface area contributed by atoms with Crippen LogP contribution in [0.1, 0.15) is 15.9 Å². The van der Waals surface area contributed by atoms with Gasteiger partial charge >= 0.3 is 0 Å². The predicted molar refractivity (Wildman–Crippen MR) is 76.5 cm³/mol. The maximum Gasteiger partial charge on any atom is 0.253 e. The second-order valence-corrected chi connectivity index (χ2v) is 4.97.